The minimum absolute atomic E-state index is 0.0842. The van der Waals surface area contributed by atoms with E-state index < -0.39 is 0 Å². The van der Waals surface area contributed by atoms with E-state index in [9.17, 15) is 4.79 Å². The van der Waals surface area contributed by atoms with Crippen molar-refractivity contribution in [2.45, 2.75) is 31.6 Å². The molecule has 1 aromatic carbocycles. The van der Waals surface area contributed by atoms with E-state index in [0.29, 0.717) is 43.8 Å². The molecule has 0 radical (unpaired) electrons. The van der Waals surface area contributed by atoms with Crippen molar-refractivity contribution in [2.75, 3.05) is 44.8 Å². The first-order chi connectivity index (χ1) is 14.3. The molecule has 2 aromatic rings. The number of aromatic nitrogens is 2. The van der Waals surface area contributed by atoms with E-state index in [1.54, 1.807) is 4.90 Å². The Bertz CT molecular complexity index is 776. The van der Waals surface area contributed by atoms with Gasteiger partial charge in [0.15, 0.2) is 5.82 Å². The Hall–Kier alpha value is -2.45. The van der Waals surface area contributed by atoms with Gasteiger partial charge in [0.2, 0.25) is 5.89 Å². The van der Waals surface area contributed by atoms with Crippen molar-refractivity contribution >= 4 is 11.7 Å². The fourth-order valence-corrected chi connectivity index (χ4v) is 3.73. The van der Waals surface area contributed by atoms with Gasteiger partial charge in [-0.15, -0.1) is 0 Å². The van der Waals surface area contributed by atoms with Crippen LogP contribution in [0.5, 0.6) is 0 Å². The van der Waals surface area contributed by atoms with Gasteiger partial charge in [-0.3, -0.25) is 0 Å². The zero-order valence-corrected chi connectivity index (χ0v) is 16.6. The molecule has 1 N–H and O–H groups in total. The molecular weight excluding hydrogens is 372 g/mol. The van der Waals surface area contributed by atoms with E-state index in [1.165, 1.54) is 0 Å². The third-order valence-electron chi connectivity index (χ3n) is 5.50. The first kappa shape index (κ1) is 19.8. The Morgan fingerprint density at radius 1 is 1.21 bits per heavy atom. The third kappa shape index (κ3) is 5.55. The number of urea groups is 1. The largest absolute Gasteiger partial charge is 0.381 e. The summed E-state index contributed by atoms with van der Waals surface area (Å²) in [4.78, 5) is 18.7. The maximum absolute atomic E-state index is 12.4. The highest BCUT2D eigenvalue weighted by atomic mass is 16.5. The molecule has 0 bridgehead atoms. The Balaban J connectivity index is 1.20. The number of rotatable bonds is 7. The lowest BCUT2D eigenvalue weighted by Gasteiger charge is -2.21. The molecule has 2 aliphatic rings. The van der Waals surface area contributed by atoms with Crippen LogP contribution in [0, 0.1) is 5.92 Å². The van der Waals surface area contributed by atoms with Gasteiger partial charge in [-0.25, -0.2) is 4.79 Å². The molecule has 3 heterocycles. The van der Waals surface area contributed by atoms with Crippen LogP contribution in [0.3, 0.4) is 0 Å². The highest BCUT2D eigenvalue weighted by Crippen LogP contribution is 2.26. The summed E-state index contributed by atoms with van der Waals surface area (Å²) < 4.78 is 16.6. The van der Waals surface area contributed by atoms with Crippen molar-refractivity contribution in [3.05, 3.63) is 42.0 Å². The number of anilines is 1. The van der Waals surface area contributed by atoms with Crippen molar-refractivity contribution in [2.24, 2.45) is 5.92 Å². The van der Waals surface area contributed by atoms with Gasteiger partial charge in [0.25, 0.3) is 0 Å². The van der Waals surface area contributed by atoms with Crippen molar-refractivity contribution in [1.82, 2.24) is 15.0 Å². The van der Waals surface area contributed by atoms with Crippen LogP contribution in [0.15, 0.2) is 34.9 Å². The topological polar surface area (TPSA) is 89.7 Å². The summed E-state index contributed by atoms with van der Waals surface area (Å²) in [6.45, 7) is 4.29. The Morgan fingerprint density at radius 2 is 2.03 bits per heavy atom. The monoisotopic (exact) mass is 400 g/mol. The van der Waals surface area contributed by atoms with Gasteiger partial charge in [0.05, 0.1) is 12.5 Å². The Labute approximate surface area is 170 Å². The van der Waals surface area contributed by atoms with E-state index in [4.69, 9.17) is 14.0 Å². The third-order valence-corrected chi connectivity index (χ3v) is 5.50. The summed E-state index contributed by atoms with van der Waals surface area (Å²) >= 11 is 0. The van der Waals surface area contributed by atoms with Crippen LogP contribution in [-0.4, -0.2) is 60.6 Å². The van der Waals surface area contributed by atoms with Gasteiger partial charge in [-0.05, 0) is 37.3 Å². The van der Waals surface area contributed by atoms with Crippen LogP contribution in [0.2, 0.25) is 0 Å². The van der Waals surface area contributed by atoms with Gasteiger partial charge in [0.1, 0.15) is 0 Å². The molecule has 8 heteroatoms. The van der Waals surface area contributed by atoms with Crippen molar-refractivity contribution in [3.8, 4) is 0 Å². The minimum atomic E-state index is -0.0973. The van der Waals surface area contributed by atoms with Crippen LogP contribution in [0.1, 0.15) is 36.9 Å². The van der Waals surface area contributed by atoms with E-state index in [1.807, 2.05) is 30.3 Å². The summed E-state index contributed by atoms with van der Waals surface area (Å²) in [5, 5.41) is 7.00. The van der Waals surface area contributed by atoms with Crippen molar-refractivity contribution < 1.29 is 18.8 Å². The number of ether oxygens (including phenoxy) is 2. The zero-order chi connectivity index (χ0) is 19.9. The second kappa shape index (κ2) is 9.84. The second-order valence-electron chi connectivity index (χ2n) is 7.66. The predicted molar refractivity (Wildman–Crippen MR) is 107 cm³/mol. The summed E-state index contributed by atoms with van der Waals surface area (Å²) in [6.07, 6.45) is 3.60. The minimum Gasteiger partial charge on any atom is -0.381 e. The molecule has 1 atom stereocenters. The summed E-state index contributed by atoms with van der Waals surface area (Å²) in [5.74, 6) is 1.95. The van der Waals surface area contributed by atoms with Crippen LogP contribution < -0.4 is 5.32 Å². The maximum Gasteiger partial charge on any atom is 0.321 e. The van der Waals surface area contributed by atoms with Crippen molar-refractivity contribution in [1.29, 1.82) is 0 Å². The lowest BCUT2D eigenvalue weighted by atomic mass is 10.0. The molecule has 0 spiro atoms. The maximum atomic E-state index is 12.4. The number of nitrogens with zero attached hydrogens (tertiary/aromatic N) is 3. The van der Waals surface area contributed by atoms with Gasteiger partial charge in [-0.1, -0.05) is 23.4 Å². The number of carbonyl (C=O) groups excluding carboxylic acids is 1. The number of amides is 2. The number of para-hydroxylation sites is 1. The lowest BCUT2D eigenvalue weighted by molar-refractivity contribution is 0.0211. The molecule has 1 aromatic heterocycles. The normalized spacial score (nSPS) is 20.1. The van der Waals surface area contributed by atoms with Crippen molar-refractivity contribution in [3.63, 3.8) is 0 Å². The molecule has 2 saturated heterocycles. The quantitative estimate of drug-likeness (QED) is 0.719. The van der Waals surface area contributed by atoms with E-state index in [2.05, 4.69) is 15.5 Å². The zero-order valence-electron chi connectivity index (χ0n) is 16.6. The van der Waals surface area contributed by atoms with E-state index >= 15 is 0 Å². The van der Waals surface area contributed by atoms with Gasteiger partial charge in [-0.2, -0.15) is 4.98 Å². The first-order valence-corrected chi connectivity index (χ1v) is 10.4. The van der Waals surface area contributed by atoms with E-state index in [0.717, 1.165) is 44.8 Å². The summed E-state index contributed by atoms with van der Waals surface area (Å²) in [5.41, 5.74) is 0.793. The standard InChI is InChI=1S/C21H28N4O4/c26-21(22-18-4-2-1-3-5-18)25-10-6-17(14-25)20-23-19(24-29-20)9-13-28-15-16-7-11-27-12-8-16/h1-5,16-17H,6-15H2,(H,22,26). The molecule has 0 saturated carbocycles. The predicted octanol–water partition coefficient (Wildman–Crippen LogP) is 3.08. The molecule has 2 amide bonds. The SMILES string of the molecule is O=C(Nc1ccccc1)N1CCC(c2nc(CCOCC3CCOCC3)no2)C1. The fourth-order valence-electron chi connectivity index (χ4n) is 3.73. The average molecular weight is 400 g/mol. The lowest BCUT2D eigenvalue weighted by Crippen LogP contribution is -2.32. The van der Waals surface area contributed by atoms with Crippen LogP contribution >= 0.6 is 0 Å². The van der Waals surface area contributed by atoms with E-state index in [-0.39, 0.29) is 11.9 Å². The average Bonchev–Trinajstić information content (AvgIpc) is 3.42. The molecular formula is C21H28N4O4. The molecule has 156 valence electrons. The van der Waals surface area contributed by atoms with Crippen LogP contribution in [-0.2, 0) is 15.9 Å². The number of likely N-dealkylation sites (tertiary alicyclic amines) is 1. The molecule has 1 unspecified atom stereocenters. The Morgan fingerprint density at radius 3 is 2.86 bits per heavy atom. The van der Waals surface area contributed by atoms with Crippen LogP contribution in [0.25, 0.3) is 0 Å². The smallest absolute Gasteiger partial charge is 0.321 e. The number of benzene rings is 1. The Kier molecular flexibility index (Phi) is 6.74. The van der Waals surface area contributed by atoms with Gasteiger partial charge in [0, 0.05) is 45.0 Å². The molecule has 8 nitrogen and oxygen atoms in total. The number of hydrogen-bond acceptors (Lipinski definition) is 6. The summed E-state index contributed by atoms with van der Waals surface area (Å²) in [7, 11) is 0. The number of nitrogens with one attached hydrogen (secondary N) is 1. The molecule has 2 aliphatic heterocycles. The van der Waals surface area contributed by atoms with Crippen LogP contribution in [0.4, 0.5) is 10.5 Å². The number of carbonyl (C=O) groups is 1. The molecule has 2 fully saturated rings. The molecule has 29 heavy (non-hydrogen) atoms. The van der Waals surface area contributed by atoms with Gasteiger partial charge >= 0.3 is 6.03 Å². The number of hydrogen-bond donors (Lipinski definition) is 1. The first-order valence-electron chi connectivity index (χ1n) is 10.4. The summed E-state index contributed by atoms with van der Waals surface area (Å²) in [6, 6.07) is 9.37. The second-order valence-corrected chi connectivity index (χ2v) is 7.66. The fraction of sp³-hybridized carbons (Fsp3) is 0.571. The highest BCUT2D eigenvalue weighted by Gasteiger charge is 2.31. The van der Waals surface area contributed by atoms with Gasteiger partial charge < -0.3 is 24.2 Å². The molecule has 4 rings (SSSR count). The highest BCUT2D eigenvalue weighted by molar-refractivity contribution is 5.89. The molecule has 0 aliphatic carbocycles.